The highest BCUT2D eigenvalue weighted by atomic mass is 16.3. The van der Waals surface area contributed by atoms with E-state index < -0.39 is 0 Å². The van der Waals surface area contributed by atoms with E-state index in [1.807, 2.05) is 19.1 Å². The molecule has 1 amide bonds. The van der Waals surface area contributed by atoms with Gasteiger partial charge in [-0.1, -0.05) is 12.5 Å². The average molecular weight is 486 g/mol. The third-order valence-corrected chi connectivity index (χ3v) is 11.6. The molecule has 2 aromatic rings. The average Bonchev–Trinajstić information content (AvgIpc) is 3.26. The molecule has 2 aliphatic heterocycles. The fourth-order valence-corrected chi connectivity index (χ4v) is 10.3. The molecule has 8 rings (SSSR count). The zero-order chi connectivity index (χ0) is 24.4. The van der Waals surface area contributed by atoms with E-state index in [1.54, 1.807) is 6.07 Å². The van der Waals surface area contributed by atoms with Crippen LogP contribution in [-0.4, -0.2) is 57.0 Å². The van der Waals surface area contributed by atoms with Gasteiger partial charge in [0.25, 0.3) is 11.5 Å². The summed E-state index contributed by atoms with van der Waals surface area (Å²) < 4.78 is 0. The van der Waals surface area contributed by atoms with Crippen molar-refractivity contribution in [3.8, 4) is 5.75 Å². The van der Waals surface area contributed by atoms with Crippen molar-refractivity contribution < 1.29 is 9.90 Å². The van der Waals surface area contributed by atoms with Crippen LogP contribution in [-0.2, 0) is 11.8 Å². The Bertz CT molecular complexity index is 1350. The molecule has 3 heterocycles. The van der Waals surface area contributed by atoms with Gasteiger partial charge < -0.3 is 15.0 Å². The van der Waals surface area contributed by atoms with Crippen LogP contribution in [0.3, 0.4) is 0 Å². The van der Waals surface area contributed by atoms with Crippen LogP contribution in [0.15, 0.2) is 35.1 Å². The largest absolute Gasteiger partial charge is 0.508 e. The number of carbonyl (C=O) groups is 1. The van der Waals surface area contributed by atoms with Gasteiger partial charge in [0, 0.05) is 35.8 Å². The lowest BCUT2D eigenvalue weighted by molar-refractivity contribution is -0.122. The lowest BCUT2D eigenvalue weighted by Gasteiger charge is -2.68. The Kier molecular flexibility index (Phi) is 4.20. The molecule has 1 aromatic carbocycles. The summed E-state index contributed by atoms with van der Waals surface area (Å²) in [6.07, 6.45) is 9.60. The fourth-order valence-electron chi connectivity index (χ4n) is 10.3. The van der Waals surface area contributed by atoms with E-state index in [1.165, 1.54) is 36.8 Å². The van der Waals surface area contributed by atoms with Crippen LogP contribution in [0.2, 0.25) is 0 Å². The normalized spacial score (nSPS) is 38.4. The number of H-pyrrole nitrogens is 1. The minimum atomic E-state index is -0.276. The lowest BCUT2D eigenvalue weighted by atomic mass is 9.43. The first kappa shape index (κ1) is 21.5. The van der Waals surface area contributed by atoms with Crippen LogP contribution >= 0.6 is 0 Å². The molecule has 6 atom stereocenters. The summed E-state index contributed by atoms with van der Waals surface area (Å²) >= 11 is 0. The maximum absolute atomic E-state index is 13.8. The molecule has 2 N–H and O–H groups in total. The number of nitrogens with zero attached hydrogens (tertiary/aromatic N) is 2. The quantitative estimate of drug-likeness (QED) is 0.679. The van der Waals surface area contributed by atoms with Gasteiger partial charge in [0.05, 0.1) is 0 Å². The Hall–Kier alpha value is -2.60. The highest BCUT2D eigenvalue weighted by molar-refractivity contribution is 5.94. The molecule has 4 aliphatic carbocycles. The molecule has 1 aromatic heterocycles. The summed E-state index contributed by atoms with van der Waals surface area (Å²) in [4.78, 5) is 34.2. The van der Waals surface area contributed by atoms with E-state index in [0.29, 0.717) is 23.6 Å². The molecule has 4 bridgehead atoms. The highest BCUT2D eigenvalue weighted by Gasteiger charge is 2.76. The van der Waals surface area contributed by atoms with Gasteiger partial charge in [-0.3, -0.25) is 14.5 Å². The van der Waals surface area contributed by atoms with Crippen molar-refractivity contribution in [2.45, 2.75) is 81.8 Å². The Morgan fingerprint density at radius 1 is 1.14 bits per heavy atom. The molecule has 3 saturated carbocycles. The third kappa shape index (κ3) is 2.42. The van der Waals surface area contributed by atoms with Crippen molar-refractivity contribution in [3.63, 3.8) is 0 Å². The van der Waals surface area contributed by atoms with E-state index in [0.717, 1.165) is 50.5 Å². The second-order valence-electron chi connectivity index (χ2n) is 12.7. The number of aromatic hydroxyl groups is 1. The number of likely N-dealkylation sites (tertiary alicyclic amines) is 2. The van der Waals surface area contributed by atoms with Gasteiger partial charge in [0.15, 0.2) is 0 Å². The standard InChI is InChI=1S/C30H35N3O3/c1-17-5-8-22(27(35)31-17)28(36)33-16-19-15-29-10-9-24(33)26(19)30(29)11-12-32(20-3-2-4-20)25(29)13-18-6-7-21(34)14-23(18)30/h5-8,14,19-20,24-26,34H,2-4,9-13,15-16H2,1H3,(H,31,35)/t19-,24?,25?,26?,29?,30?/m1/s1. The molecular weight excluding hydrogens is 450 g/mol. The predicted octanol–water partition coefficient (Wildman–Crippen LogP) is 3.75. The van der Waals surface area contributed by atoms with Gasteiger partial charge in [-0.05, 0) is 111 Å². The maximum atomic E-state index is 13.8. The number of hydrogen-bond acceptors (Lipinski definition) is 4. The number of piperidine rings is 1. The smallest absolute Gasteiger partial charge is 0.260 e. The van der Waals surface area contributed by atoms with E-state index >= 15 is 0 Å². The van der Waals surface area contributed by atoms with Crippen molar-refractivity contribution in [2.75, 3.05) is 13.1 Å². The zero-order valence-electron chi connectivity index (χ0n) is 21.0. The van der Waals surface area contributed by atoms with Crippen molar-refractivity contribution in [3.05, 3.63) is 63.1 Å². The van der Waals surface area contributed by atoms with Crippen molar-refractivity contribution in [1.29, 1.82) is 0 Å². The number of amides is 1. The first-order valence-electron chi connectivity index (χ1n) is 14.0. The Labute approximate surface area is 211 Å². The zero-order valence-corrected chi connectivity index (χ0v) is 21.0. The second kappa shape index (κ2) is 7.03. The van der Waals surface area contributed by atoms with Crippen molar-refractivity contribution >= 4 is 5.91 Å². The summed E-state index contributed by atoms with van der Waals surface area (Å²) in [7, 11) is 0. The summed E-state index contributed by atoms with van der Waals surface area (Å²) in [6, 6.07) is 11.2. The van der Waals surface area contributed by atoms with E-state index in [-0.39, 0.29) is 33.9 Å². The number of hydrogen-bond donors (Lipinski definition) is 2. The van der Waals surface area contributed by atoms with E-state index in [9.17, 15) is 14.7 Å². The van der Waals surface area contributed by atoms with Gasteiger partial charge in [0.1, 0.15) is 11.3 Å². The fraction of sp³-hybridized carbons (Fsp3) is 0.600. The number of pyridine rings is 1. The van der Waals surface area contributed by atoms with E-state index in [4.69, 9.17) is 0 Å². The molecule has 6 nitrogen and oxygen atoms in total. The van der Waals surface area contributed by atoms with Crippen molar-refractivity contribution in [2.24, 2.45) is 17.3 Å². The molecule has 0 radical (unpaired) electrons. The Morgan fingerprint density at radius 3 is 2.78 bits per heavy atom. The van der Waals surface area contributed by atoms with Crippen LogP contribution in [0.25, 0.3) is 0 Å². The maximum Gasteiger partial charge on any atom is 0.260 e. The molecule has 5 fully saturated rings. The SMILES string of the molecule is Cc1ccc(C(=O)N2C[C@H]3CC45CCC2C3C42CCN(C3CCC3)C5Cc3ccc(O)cc32)c(=O)[nH]1. The number of carbonyl (C=O) groups excluding carboxylic acids is 1. The summed E-state index contributed by atoms with van der Waals surface area (Å²) in [5, 5.41) is 10.6. The summed E-state index contributed by atoms with van der Waals surface area (Å²) in [5.41, 5.74) is 3.83. The Morgan fingerprint density at radius 2 is 2.00 bits per heavy atom. The van der Waals surface area contributed by atoms with Crippen LogP contribution in [0.1, 0.15) is 72.1 Å². The molecule has 0 spiro atoms. The minimum Gasteiger partial charge on any atom is -0.508 e. The van der Waals surface area contributed by atoms with Crippen LogP contribution in [0.4, 0.5) is 0 Å². The number of aryl methyl sites for hydroxylation is 1. The molecule has 2 saturated heterocycles. The van der Waals surface area contributed by atoms with Gasteiger partial charge in [-0.2, -0.15) is 0 Å². The van der Waals surface area contributed by atoms with Gasteiger partial charge >= 0.3 is 0 Å². The van der Waals surface area contributed by atoms with Gasteiger partial charge in [0.2, 0.25) is 0 Å². The highest BCUT2D eigenvalue weighted by Crippen LogP contribution is 2.75. The van der Waals surface area contributed by atoms with E-state index in [2.05, 4.69) is 26.9 Å². The van der Waals surface area contributed by atoms with Gasteiger partial charge in [-0.15, -0.1) is 0 Å². The summed E-state index contributed by atoms with van der Waals surface area (Å²) in [5.74, 6) is 1.14. The number of aromatic amines is 1. The third-order valence-electron chi connectivity index (χ3n) is 11.6. The molecule has 36 heavy (non-hydrogen) atoms. The van der Waals surface area contributed by atoms with Crippen LogP contribution in [0, 0.1) is 24.2 Å². The number of nitrogens with one attached hydrogen (secondary N) is 1. The number of phenols is 1. The Balaban J connectivity index is 1.25. The van der Waals surface area contributed by atoms with Gasteiger partial charge in [-0.25, -0.2) is 0 Å². The monoisotopic (exact) mass is 485 g/mol. The second-order valence-corrected chi connectivity index (χ2v) is 12.7. The minimum absolute atomic E-state index is 0.0204. The molecule has 6 aliphatic rings. The number of rotatable bonds is 2. The molecule has 5 unspecified atom stereocenters. The number of aromatic nitrogens is 1. The number of fused-ring (bicyclic) bond motifs is 1. The first-order chi connectivity index (χ1) is 17.4. The summed E-state index contributed by atoms with van der Waals surface area (Å²) in [6.45, 7) is 3.74. The topological polar surface area (TPSA) is 76.6 Å². The lowest BCUT2D eigenvalue weighted by Crippen LogP contribution is -2.71. The molecule has 188 valence electrons. The number of benzene rings is 1. The van der Waals surface area contributed by atoms with Crippen molar-refractivity contribution in [1.82, 2.24) is 14.8 Å². The molecule has 6 heteroatoms. The van der Waals surface area contributed by atoms with Crippen LogP contribution in [0.5, 0.6) is 5.75 Å². The first-order valence-corrected chi connectivity index (χ1v) is 14.0. The number of phenolic OH excluding ortho intramolecular Hbond substituents is 1. The predicted molar refractivity (Wildman–Crippen MR) is 136 cm³/mol. The molecular formula is C30H35N3O3. The van der Waals surface area contributed by atoms with Crippen LogP contribution < -0.4 is 5.56 Å².